The molecule has 0 radical (unpaired) electrons. The van der Waals surface area contributed by atoms with Crippen LogP contribution in [0.4, 0.5) is 15.8 Å². The van der Waals surface area contributed by atoms with Crippen molar-refractivity contribution in [2.45, 2.75) is 6.61 Å². The number of nitro groups is 1. The molecule has 0 unspecified atom stereocenters. The Kier molecular flexibility index (Phi) is 5.15. The normalized spacial score (nSPS) is 13.2. The average Bonchev–Trinajstić information content (AvgIpc) is 2.61. The highest BCUT2D eigenvalue weighted by molar-refractivity contribution is 6.33. The zero-order chi connectivity index (χ0) is 18.7. The second kappa shape index (κ2) is 7.51. The molecule has 134 valence electrons. The number of carbonyl (C=O) groups excluding carboxylic acids is 1. The molecular formula is C17H12ClFN2O5. The van der Waals surface area contributed by atoms with Crippen molar-refractivity contribution in [1.29, 1.82) is 0 Å². The summed E-state index contributed by atoms with van der Waals surface area (Å²) in [5.41, 5.74) is 0.998. The summed E-state index contributed by atoms with van der Waals surface area (Å²) in [5.74, 6) is -0.636. The lowest BCUT2D eigenvalue weighted by molar-refractivity contribution is -0.385. The minimum atomic E-state index is -0.537. The summed E-state index contributed by atoms with van der Waals surface area (Å²) < 4.78 is 23.5. The summed E-state index contributed by atoms with van der Waals surface area (Å²) in [5, 5.41) is 13.6. The molecule has 2 aromatic carbocycles. The molecule has 1 heterocycles. The van der Waals surface area contributed by atoms with E-state index in [-0.39, 0.29) is 29.8 Å². The molecule has 0 aliphatic carbocycles. The van der Waals surface area contributed by atoms with Crippen LogP contribution in [0.1, 0.15) is 11.1 Å². The summed E-state index contributed by atoms with van der Waals surface area (Å²) in [6, 6.07) is 6.24. The predicted octanol–water partition coefficient (Wildman–Crippen LogP) is 3.91. The molecule has 2 aromatic rings. The van der Waals surface area contributed by atoms with Crippen molar-refractivity contribution in [2.24, 2.45) is 0 Å². The number of nitro benzene ring substituents is 1. The first kappa shape index (κ1) is 17.8. The van der Waals surface area contributed by atoms with Gasteiger partial charge in [-0.3, -0.25) is 14.9 Å². The van der Waals surface area contributed by atoms with E-state index in [1.807, 2.05) is 0 Å². The van der Waals surface area contributed by atoms with E-state index in [9.17, 15) is 19.3 Å². The lowest BCUT2D eigenvalue weighted by Gasteiger charge is -2.19. The Bertz CT molecular complexity index is 916. The van der Waals surface area contributed by atoms with E-state index in [0.717, 1.165) is 12.1 Å². The zero-order valence-electron chi connectivity index (χ0n) is 13.2. The Hall–Kier alpha value is -2.97. The van der Waals surface area contributed by atoms with E-state index in [0.29, 0.717) is 16.9 Å². The molecular weight excluding hydrogens is 367 g/mol. The fraction of sp³-hybridized carbons (Fsp3) is 0.118. The molecule has 3 rings (SSSR count). The molecule has 7 nitrogen and oxygen atoms in total. The van der Waals surface area contributed by atoms with Crippen molar-refractivity contribution in [1.82, 2.24) is 0 Å². The van der Waals surface area contributed by atoms with Gasteiger partial charge in [0, 0.05) is 29.3 Å². The van der Waals surface area contributed by atoms with Gasteiger partial charge >= 0.3 is 0 Å². The number of hydrogen-bond acceptors (Lipinski definition) is 5. The monoisotopic (exact) mass is 378 g/mol. The second-order valence-electron chi connectivity index (χ2n) is 5.34. The van der Waals surface area contributed by atoms with Crippen LogP contribution in [0.5, 0.6) is 5.75 Å². The lowest BCUT2D eigenvalue weighted by atomic mass is 10.1. The van der Waals surface area contributed by atoms with Gasteiger partial charge < -0.3 is 14.8 Å². The molecule has 0 atom stereocenters. The number of halogens is 2. The van der Waals surface area contributed by atoms with E-state index in [4.69, 9.17) is 21.1 Å². The van der Waals surface area contributed by atoms with Crippen LogP contribution in [-0.2, 0) is 16.1 Å². The Morgan fingerprint density at radius 2 is 2.15 bits per heavy atom. The van der Waals surface area contributed by atoms with Crippen LogP contribution in [0.15, 0.2) is 36.4 Å². The third-order valence-electron chi connectivity index (χ3n) is 3.54. The SMILES string of the molecule is O=C(C=Cc1cc([N+](=O)[O-])cc2c1OCOC2)Nc1ccc(F)cc1Cl. The molecule has 1 aliphatic rings. The number of amides is 1. The number of nitrogens with zero attached hydrogens (tertiary/aromatic N) is 1. The maximum absolute atomic E-state index is 13.0. The number of benzene rings is 2. The Morgan fingerprint density at radius 3 is 2.88 bits per heavy atom. The summed E-state index contributed by atoms with van der Waals surface area (Å²) in [4.78, 5) is 22.6. The number of rotatable bonds is 4. The van der Waals surface area contributed by atoms with Crippen molar-refractivity contribution in [3.63, 3.8) is 0 Å². The average molecular weight is 379 g/mol. The van der Waals surface area contributed by atoms with Crippen molar-refractivity contribution >= 4 is 35.0 Å². The maximum atomic E-state index is 13.0. The van der Waals surface area contributed by atoms with E-state index in [1.165, 1.54) is 30.4 Å². The molecule has 0 aromatic heterocycles. The topological polar surface area (TPSA) is 90.7 Å². The summed E-state index contributed by atoms with van der Waals surface area (Å²) in [6.45, 7) is 0.193. The zero-order valence-corrected chi connectivity index (χ0v) is 14.0. The fourth-order valence-electron chi connectivity index (χ4n) is 2.39. The van der Waals surface area contributed by atoms with Crippen molar-refractivity contribution in [2.75, 3.05) is 12.1 Å². The van der Waals surface area contributed by atoms with Gasteiger partial charge in [-0.05, 0) is 24.3 Å². The quantitative estimate of drug-likeness (QED) is 0.495. The fourth-order valence-corrected chi connectivity index (χ4v) is 2.61. The Labute approximate surface area is 152 Å². The van der Waals surface area contributed by atoms with Gasteiger partial charge in [0.25, 0.3) is 5.69 Å². The molecule has 9 heteroatoms. The maximum Gasteiger partial charge on any atom is 0.270 e. The molecule has 26 heavy (non-hydrogen) atoms. The van der Waals surface area contributed by atoms with E-state index < -0.39 is 16.6 Å². The standard InChI is InChI=1S/C17H12ClFN2O5/c18-14-7-12(19)2-3-15(14)20-16(22)4-1-10-5-13(21(23)24)6-11-8-25-9-26-17(10)11/h1-7H,8-9H2,(H,20,22). The highest BCUT2D eigenvalue weighted by Crippen LogP contribution is 2.33. The van der Waals surface area contributed by atoms with Gasteiger partial charge in [0.2, 0.25) is 5.91 Å². The Morgan fingerprint density at radius 1 is 1.35 bits per heavy atom. The van der Waals surface area contributed by atoms with Crippen LogP contribution < -0.4 is 10.1 Å². The highest BCUT2D eigenvalue weighted by atomic mass is 35.5. The molecule has 0 fully saturated rings. The minimum Gasteiger partial charge on any atom is -0.467 e. The first-order valence-electron chi connectivity index (χ1n) is 7.40. The number of anilines is 1. The van der Waals surface area contributed by atoms with Gasteiger partial charge in [0.05, 0.1) is 22.2 Å². The highest BCUT2D eigenvalue weighted by Gasteiger charge is 2.19. The number of carbonyl (C=O) groups is 1. The predicted molar refractivity (Wildman–Crippen MR) is 92.5 cm³/mol. The van der Waals surface area contributed by atoms with Gasteiger partial charge in [-0.15, -0.1) is 0 Å². The number of ether oxygens (including phenoxy) is 2. The third kappa shape index (κ3) is 3.98. The first-order chi connectivity index (χ1) is 12.4. The second-order valence-corrected chi connectivity index (χ2v) is 5.74. The van der Waals surface area contributed by atoms with Crippen LogP contribution in [0.25, 0.3) is 6.08 Å². The number of hydrogen-bond donors (Lipinski definition) is 1. The molecule has 1 aliphatic heterocycles. The van der Waals surface area contributed by atoms with Crippen LogP contribution in [-0.4, -0.2) is 17.6 Å². The van der Waals surface area contributed by atoms with Crippen LogP contribution >= 0.6 is 11.6 Å². The lowest BCUT2D eigenvalue weighted by Crippen LogP contribution is -2.13. The van der Waals surface area contributed by atoms with Gasteiger partial charge in [-0.2, -0.15) is 0 Å². The van der Waals surface area contributed by atoms with Crippen LogP contribution in [0.3, 0.4) is 0 Å². The Balaban J connectivity index is 1.84. The molecule has 1 N–H and O–H groups in total. The van der Waals surface area contributed by atoms with E-state index in [1.54, 1.807) is 0 Å². The minimum absolute atomic E-state index is 0.0169. The number of fused-ring (bicyclic) bond motifs is 1. The molecule has 0 bridgehead atoms. The molecule has 0 saturated heterocycles. The summed E-state index contributed by atoms with van der Waals surface area (Å²) in [7, 11) is 0. The molecule has 1 amide bonds. The largest absolute Gasteiger partial charge is 0.467 e. The smallest absolute Gasteiger partial charge is 0.270 e. The van der Waals surface area contributed by atoms with Crippen molar-refractivity contribution in [3.8, 4) is 5.75 Å². The first-order valence-corrected chi connectivity index (χ1v) is 7.78. The van der Waals surface area contributed by atoms with Gasteiger partial charge in [-0.1, -0.05) is 11.6 Å². The van der Waals surface area contributed by atoms with E-state index in [2.05, 4.69) is 5.32 Å². The van der Waals surface area contributed by atoms with Crippen molar-refractivity contribution < 1.29 is 23.6 Å². The van der Waals surface area contributed by atoms with Gasteiger partial charge in [0.1, 0.15) is 11.6 Å². The third-order valence-corrected chi connectivity index (χ3v) is 3.85. The van der Waals surface area contributed by atoms with Crippen molar-refractivity contribution in [3.05, 3.63) is 68.5 Å². The van der Waals surface area contributed by atoms with Crippen LogP contribution in [0, 0.1) is 15.9 Å². The molecule has 0 spiro atoms. The molecule has 0 saturated carbocycles. The van der Waals surface area contributed by atoms with Gasteiger partial charge in [-0.25, -0.2) is 4.39 Å². The number of non-ortho nitro benzene ring substituents is 1. The number of nitrogens with one attached hydrogen (secondary N) is 1. The van der Waals surface area contributed by atoms with E-state index >= 15 is 0 Å². The van der Waals surface area contributed by atoms with Crippen LogP contribution in [0.2, 0.25) is 5.02 Å². The summed E-state index contributed by atoms with van der Waals surface area (Å²) >= 11 is 5.85. The summed E-state index contributed by atoms with van der Waals surface area (Å²) in [6.07, 6.45) is 2.57. The van der Waals surface area contributed by atoms with Gasteiger partial charge in [0.15, 0.2) is 6.79 Å².